The number of nitrogens with one attached hydrogen (secondary N) is 1. The Balaban J connectivity index is 1.84. The van der Waals surface area contributed by atoms with Crippen LogP contribution in [-0.4, -0.2) is 45.5 Å². The Morgan fingerprint density at radius 2 is 1.71 bits per heavy atom. The lowest BCUT2D eigenvalue weighted by Crippen LogP contribution is -2.41. The first kappa shape index (κ1) is 20.4. The molecule has 6 nitrogen and oxygen atoms in total. The van der Waals surface area contributed by atoms with Gasteiger partial charge in [0.05, 0.1) is 18.1 Å². The van der Waals surface area contributed by atoms with Gasteiger partial charge in [-0.15, -0.1) is 0 Å². The Bertz CT molecular complexity index is 947. The van der Waals surface area contributed by atoms with E-state index in [0.717, 1.165) is 11.1 Å². The average molecular weight is 403 g/mol. The smallest absolute Gasteiger partial charge is 0.261 e. The number of carbonyl (C=O) groups is 1. The molecule has 7 heteroatoms. The molecule has 28 heavy (non-hydrogen) atoms. The zero-order valence-corrected chi connectivity index (χ0v) is 17.3. The fourth-order valence-corrected chi connectivity index (χ4v) is 4.17. The van der Waals surface area contributed by atoms with E-state index in [0.29, 0.717) is 43.5 Å². The Morgan fingerprint density at radius 1 is 1.07 bits per heavy atom. The van der Waals surface area contributed by atoms with Crippen LogP contribution in [0.25, 0.3) is 0 Å². The zero-order valence-electron chi connectivity index (χ0n) is 16.4. The molecule has 0 spiro atoms. The predicted octanol–water partition coefficient (Wildman–Crippen LogP) is 3.39. The van der Waals surface area contributed by atoms with E-state index in [1.54, 1.807) is 23.1 Å². The van der Waals surface area contributed by atoms with Crippen molar-refractivity contribution < 1.29 is 17.9 Å². The Kier molecular flexibility index (Phi) is 6.05. The molecule has 0 aromatic heterocycles. The van der Waals surface area contributed by atoms with E-state index in [-0.39, 0.29) is 10.8 Å². The number of aryl methyl sites for hydroxylation is 1. The number of benzene rings is 2. The Morgan fingerprint density at radius 3 is 2.32 bits per heavy atom. The van der Waals surface area contributed by atoms with Crippen molar-refractivity contribution in [3.05, 3.63) is 59.2 Å². The fourth-order valence-electron chi connectivity index (χ4n) is 3.09. The summed E-state index contributed by atoms with van der Waals surface area (Å²) in [4.78, 5) is 14.6. The van der Waals surface area contributed by atoms with Gasteiger partial charge in [0, 0.05) is 24.3 Å². The van der Waals surface area contributed by atoms with Gasteiger partial charge in [-0.1, -0.05) is 32.0 Å². The van der Waals surface area contributed by atoms with Crippen LogP contribution >= 0.6 is 0 Å². The highest BCUT2D eigenvalue weighted by molar-refractivity contribution is 7.92. The van der Waals surface area contributed by atoms with Crippen LogP contribution in [0.1, 0.15) is 41.3 Å². The maximum atomic E-state index is 12.8. The number of anilines is 1. The monoisotopic (exact) mass is 402 g/mol. The molecule has 150 valence electrons. The summed E-state index contributed by atoms with van der Waals surface area (Å²) in [6, 6.07) is 12.0. The van der Waals surface area contributed by atoms with Gasteiger partial charge < -0.3 is 9.64 Å². The fraction of sp³-hybridized carbons (Fsp3) is 0.381. The molecule has 1 aliphatic rings. The van der Waals surface area contributed by atoms with Crippen molar-refractivity contribution in [1.82, 2.24) is 4.90 Å². The van der Waals surface area contributed by atoms with Crippen LogP contribution in [0.4, 0.5) is 5.69 Å². The molecule has 2 aromatic carbocycles. The number of amides is 1. The van der Waals surface area contributed by atoms with Crippen LogP contribution in [0.3, 0.4) is 0 Å². The van der Waals surface area contributed by atoms with Crippen LogP contribution in [0, 0.1) is 6.92 Å². The molecule has 2 aromatic rings. The third-order valence-electron chi connectivity index (χ3n) is 4.88. The van der Waals surface area contributed by atoms with Gasteiger partial charge >= 0.3 is 0 Å². The van der Waals surface area contributed by atoms with Crippen LogP contribution < -0.4 is 4.72 Å². The van der Waals surface area contributed by atoms with Gasteiger partial charge in [-0.25, -0.2) is 8.42 Å². The number of nitrogens with zero attached hydrogens (tertiary/aromatic N) is 1. The minimum Gasteiger partial charge on any atom is -0.378 e. The number of hydrogen-bond donors (Lipinski definition) is 1. The first-order chi connectivity index (χ1) is 13.3. The van der Waals surface area contributed by atoms with Crippen molar-refractivity contribution in [1.29, 1.82) is 0 Å². The van der Waals surface area contributed by atoms with E-state index in [1.165, 1.54) is 12.1 Å². The molecule has 0 unspecified atom stereocenters. The summed E-state index contributed by atoms with van der Waals surface area (Å²) in [5.41, 5.74) is 2.78. The van der Waals surface area contributed by atoms with E-state index in [2.05, 4.69) is 18.6 Å². The Labute approximate surface area is 166 Å². The molecular formula is C21H26N2O4S. The molecule has 3 rings (SSSR count). The standard InChI is InChI=1S/C21H26N2O4S/c1-15(2)17-5-7-18(8-6-17)22-28(25,26)19-9-4-16(3)20(14-19)21(24)23-10-12-27-13-11-23/h4-9,14-15,22H,10-13H2,1-3H3. The highest BCUT2D eigenvalue weighted by Crippen LogP contribution is 2.22. The molecule has 1 N–H and O–H groups in total. The van der Waals surface area contributed by atoms with Crippen molar-refractivity contribution in [2.45, 2.75) is 31.6 Å². The number of rotatable bonds is 5. The summed E-state index contributed by atoms with van der Waals surface area (Å²) in [5, 5.41) is 0. The SMILES string of the molecule is Cc1ccc(S(=O)(=O)Nc2ccc(C(C)C)cc2)cc1C(=O)N1CCOCC1. The zero-order chi connectivity index (χ0) is 20.3. The number of carbonyl (C=O) groups excluding carboxylic acids is 1. The van der Waals surface area contributed by atoms with Gasteiger partial charge in [-0.05, 0) is 48.2 Å². The molecule has 0 radical (unpaired) electrons. The molecule has 0 bridgehead atoms. The van der Waals surface area contributed by atoms with E-state index in [4.69, 9.17) is 4.74 Å². The normalized spacial score (nSPS) is 14.9. The van der Waals surface area contributed by atoms with Crippen LogP contribution in [0.2, 0.25) is 0 Å². The Hall–Kier alpha value is -2.38. The summed E-state index contributed by atoms with van der Waals surface area (Å²) >= 11 is 0. The van der Waals surface area contributed by atoms with Gasteiger partial charge in [-0.3, -0.25) is 9.52 Å². The van der Waals surface area contributed by atoms with E-state index < -0.39 is 10.0 Å². The lowest BCUT2D eigenvalue weighted by molar-refractivity contribution is 0.0302. The van der Waals surface area contributed by atoms with Crippen LogP contribution in [-0.2, 0) is 14.8 Å². The summed E-state index contributed by atoms with van der Waals surface area (Å²) in [5.74, 6) is 0.204. The molecule has 0 aliphatic carbocycles. The summed E-state index contributed by atoms with van der Waals surface area (Å²) in [6.07, 6.45) is 0. The second kappa shape index (κ2) is 8.32. The number of ether oxygens (including phenoxy) is 1. The maximum absolute atomic E-state index is 12.8. The third kappa shape index (κ3) is 4.54. The minimum absolute atomic E-state index is 0.0719. The van der Waals surface area contributed by atoms with Crippen molar-refractivity contribution in [3.8, 4) is 0 Å². The van der Waals surface area contributed by atoms with Gasteiger partial charge in [0.15, 0.2) is 0 Å². The molecule has 0 atom stereocenters. The van der Waals surface area contributed by atoms with Crippen molar-refractivity contribution in [2.24, 2.45) is 0 Å². The average Bonchev–Trinajstić information content (AvgIpc) is 2.68. The number of morpholine rings is 1. The maximum Gasteiger partial charge on any atom is 0.261 e. The summed E-state index contributed by atoms with van der Waals surface area (Å²) in [6.45, 7) is 7.98. The second-order valence-corrected chi connectivity index (χ2v) is 8.95. The molecule has 1 amide bonds. The molecule has 1 fully saturated rings. The predicted molar refractivity (Wildman–Crippen MR) is 109 cm³/mol. The largest absolute Gasteiger partial charge is 0.378 e. The highest BCUT2D eigenvalue weighted by Gasteiger charge is 2.23. The molecule has 1 saturated heterocycles. The molecule has 1 heterocycles. The van der Waals surface area contributed by atoms with Crippen molar-refractivity contribution >= 4 is 21.6 Å². The third-order valence-corrected chi connectivity index (χ3v) is 6.26. The first-order valence-corrected chi connectivity index (χ1v) is 10.9. The van der Waals surface area contributed by atoms with Gasteiger partial charge in [0.25, 0.3) is 15.9 Å². The summed E-state index contributed by atoms with van der Waals surface area (Å²) in [7, 11) is -3.80. The van der Waals surface area contributed by atoms with Crippen LogP contribution in [0.5, 0.6) is 0 Å². The topological polar surface area (TPSA) is 75.7 Å². The van der Waals surface area contributed by atoms with Gasteiger partial charge in [0.1, 0.15) is 0 Å². The highest BCUT2D eigenvalue weighted by atomic mass is 32.2. The van der Waals surface area contributed by atoms with Crippen molar-refractivity contribution in [2.75, 3.05) is 31.0 Å². The quantitative estimate of drug-likeness (QED) is 0.832. The van der Waals surface area contributed by atoms with Gasteiger partial charge in [-0.2, -0.15) is 0 Å². The molecule has 0 saturated carbocycles. The molecular weight excluding hydrogens is 376 g/mol. The summed E-state index contributed by atoms with van der Waals surface area (Å²) < 4.78 is 33.5. The van der Waals surface area contributed by atoms with E-state index >= 15 is 0 Å². The lowest BCUT2D eigenvalue weighted by Gasteiger charge is -2.27. The van der Waals surface area contributed by atoms with E-state index in [9.17, 15) is 13.2 Å². The minimum atomic E-state index is -3.80. The number of sulfonamides is 1. The molecule has 1 aliphatic heterocycles. The second-order valence-electron chi connectivity index (χ2n) is 7.26. The number of hydrogen-bond acceptors (Lipinski definition) is 4. The van der Waals surface area contributed by atoms with Gasteiger partial charge in [0.2, 0.25) is 0 Å². The lowest BCUT2D eigenvalue weighted by atomic mass is 10.0. The van der Waals surface area contributed by atoms with E-state index in [1.807, 2.05) is 19.1 Å². The first-order valence-electron chi connectivity index (χ1n) is 9.38. The van der Waals surface area contributed by atoms with Crippen molar-refractivity contribution in [3.63, 3.8) is 0 Å². The van der Waals surface area contributed by atoms with Crippen LogP contribution in [0.15, 0.2) is 47.4 Å².